The van der Waals surface area contributed by atoms with Crippen LogP contribution in [-0.4, -0.2) is 45.6 Å². The fourth-order valence-electron chi connectivity index (χ4n) is 5.21. The number of hydrogen-bond donors (Lipinski definition) is 2. The van der Waals surface area contributed by atoms with Crippen molar-refractivity contribution in [1.29, 1.82) is 0 Å². The Morgan fingerprint density at radius 2 is 1.87 bits per heavy atom. The molecule has 0 atom stereocenters. The summed E-state index contributed by atoms with van der Waals surface area (Å²) in [5.74, 6) is -3.74. The minimum atomic E-state index is -0.994. The molecule has 8 nitrogen and oxygen atoms in total. The molecule has 1 saturated carbocycles. The zero-order valence-electron chi connectivity index (χ0n) is 21.2. The van der Waals surface area contributed by atoms with Gasteiger partial charge in [0.25, 0.3) is 11.8 Å². The normalized spacial score (nSPS) is 19.7. The summed E-state index contributed by atoms with van der Waals surface area (Å²) in [6.45, 7) is 2.67. The van der Waals surface area contributed by atoms with Crippen molar-refractivity contribution in [3.8, 4) is 5.75 Å². The number of pyridine rings is 1. The zero-order chi connectivity index (χ0) is 27.0. The standard InChI is InChI=1S/C28H27F2N3O5.ClH/c1-2-32-16-28(11-20(12-28)38-15-17-6-4-3-5-7-17)33-14-21(24(34)25(35)23(33)27(32)37)26(36)31-13-18-8-9-19(29)10-22(18)30;/h3-10,14,20,35H,2,11-13,15-16H2,1H3,(H,31,36);1H/t20-,28+;. The zero-order valence-corrected chi connectivity index (χ0v) is 22.0. The smallest absolute Gasteiger partial charge is 0.274 e. The highest BCUT2D eigenvalue weighted by Crippen LogP contribution is 2.46. The predicted octanol–water partition coefficient (Wildman–Crippen LogP) is 3.73. The Balaban J connectivity index is 0.00000353. The van der Waals surface area contributed by atoms with Gasteiger partial charge in [-0.15, -0.1) is 12.4 Å². The second-order valence-electron chi connectivity index (χ2n) is 9.73. The van der Waals surface area contributed by atoms with Gasteiger partial charge in [-0.3, -0.25) is 14.4 Å². The predicted molar refractivity (Wildman–Crippen MR) is 141 cm³/mol. The Labute approximate surface area is 229 Å². The fraction of sp³-hybridized carbons (Fsp3) is 0.321. The van der Waals surface area contributed by atoms with Crippen LogP contribution in [0.25, 0.3) is 0 Å². The van der Waals surface area contributed by atoms with Gasteiger partial charge in [0.2, 0.25) is 5.43 Å². The second kappa shape index (κ2) is 11.2. The van der Waals surface area contributed by atoms with Crippen LogP contribution in [0, 0.1) is 11.6 Å². The number of fused-ring (bicyclic) bond motifs is 2. The number of rotatable bonds is 7. The summed E-state index contributed by atoms with van der Waals surface area (Å²) in [5.41, 5.74) is -1.13. The van der Waals surface area contributed by atoms with Gasteiger partial charge in [0.1, 0.15) is 17.2 Å². The third kappa shape index (κ3) is 5.26. The second-order valence-corrected chi connectivity index (χ2v) is 9.73. The van der Waals surface area contributed by atoms with Gasteiger partial charge in [0.15, 0.2) is 11.4 Å². The highest BCUT2D eigenvalue weighted by molar-refractivity contribution is 5.99. The highest BCUT2D eigenvalue weighted by atomic mass is 35.5. The Kier molecular flexibility index (Phi) is 8.08. The van der Waals surface area contributed by atoms with Crippen LogP contribution in [0.5, 0.6) is 5.75 Å². The highest BCUT2D eigenvalue weighted by Gasteiger charge is 2.52. The van der Waals surface area contributed by atoms with E-state index in [4.69, 9.17) is 4.74 Å². The van der Waals surface area contributed by atoms with Crippen LogP contribution in [0.15, 0.2) is 59.5 Å². The molecule has 2 amide bonds. The van der Waals surface area contributed by atoms with E-state index in [1.165, 1.54) is 16.8 Å². The molecular weight excluding hydrogens is 532 g/mol. The number of amides is 2. The minimum absolute atomic E-state index is 0. The molecule has 0 bridgehead atoms. The van der Waals surface area contributed by atoms with Crippen LogP contribution in [0.1, 0.15) is 51.7 Å². The third-order valence-corrected chi connectivity index (χ3v) is 7.29. The molecule has 5 rings (SSSR count). The van der Waals surface area contributed by atoms with Gasteiger partial charge in [-0.1, -0.05) is 36.4 Å². The number of carbonyl (C=O) groups excluding carboxylic acids is 2. The lowest BCUT2D eigenvalue weighted by Crippen LogP contribution is -2.62. The van der Waals surface area contributed by atoms with Gasteiger partial charge in [-0.05, 0) is 31.4 Å². The maximum absolute atomic E-state index is 14.0. The Bertz CT molecular complexity index is 1460. The first-order valence-corrected chi connectivity index (χ1v) is 12.4. The van der Waals surface area contributed by atoms with Crippen LogP contribution in [0.4, 0.5) is 8.78 Å². The Morgan fingerprint density at radius 3 is 2.54 bits per heavy atom. The lowest BCUT2D eigenvalue weighted by Gasteiger charge is -2.54. The first-order chi connectivity index (χ1) is 18.2. The number of hydrogen-bond acceptors (Lipinski definition) is 5. The summed E-state index contributed by atoms with van der Waals surface area (Å²) in [7, 11) is 0. The van der Waals surface area contributed by atoms with Gasteiger partial charge in [-0.2, -0.15) is 0 Å². The van der Waals surface area contributed by atoms with E-state index in [1.54, 1.807) is 4.90 Å². The van der Waals surface area contributed by atoms with Crippen molar-refractivity contribution < 1.29 is 28.2 Å². The molecule has 1 aromatic heterocycles. The molecule has 2 N–H and O–H groups in total. The van der Waals surface area contributed by atoms with Gasteiger partial charge in [-0.25, -0.2) is 8.78 Å². The van der Waals surface area contributed by atoms with Crippen molar-refractivity contribution in [1.82, 2.24) is 14.8 Å². The number of nitrogens with zero attached hydrogens (tertiary/aromatic N) is 2. The monoisotopic (exact) mass is 559 g/mol. The van der Waals surface area contributed by atoms with Crippen LogP contribution >= 0.6 is 12.4 Å². The maximum atomic E-state index is 14.0. The fourth-order valence-corrected chi connectivity index (χ4v) is 5.21. The average molecular weight is 560 g/mol. The first-order valence-electron chi connectivity index (χ1n) is 12.4. The molecule has 39 heavy (non-hydrogen) atoms. The number of carbonyl (C=O) groups is 2. The van der Waals surface area contributed by atoms with E-state index in [0.29, 0.717) is 38.6 Å². The molecule has 0 saturated heterocycles. The van der Waals surface area contributed by atoms with Gasteiger partial charge < -0.3 is 24.6 Å². The van der Waals surface area contributed by atoms with Crippen LogP contribution in [0.2, 0.25) is 0 Å². The van der Waals surface area contributed by atoms with Crippen molar-refractivity contribution in [2.75, 3.05) is 13.1 Å². The van der Waals surface area contributed by atoms with Crippen molar-refractivity contribution in [3.05, 3.63) is 99.0 Å². The van der Waals surface area contributed by atoms with E-state index in [9.17, 15) is 28.3 Å². The largest absolute Gasteiger partial charge is 0.503 e. The van der Waals surface area contributed by atoms with Gasteiger partial charge >= 0.3 is 0 Å². The first kappa shape index (κ1) is 28.3. The van der Waals surface area contributed by atoms with Crippen LogP contribution in [0.3, 0.4) is 0 Å². The number of benzene rings is 2. The molecule has 1 aliphatic carbocycles. The molecule has 0 unspecified atom stereocenters. The number of nitrogens with one attached hydrogen (secondary N) is 1. The number of ether oxygens (including phenoxy) is 1. The lowest BCUT2D eigenvalue weighted by atomic mass is 9.71. The molecule has 1 aliphatic heterocycles. The maximum Gasteiger partial charge on any atom is 0.274 e. The molecule has 1 fully saturated rings. The summed E-state index contributed by atoms with van der Waals surface area (Å²) < 4.78 is 34.8. The minimum Gasteiger partial charge on any atom is -0.503 e. The van der Waals surface area contributed by atoms with Crippen LogP contribution in [-0.2, 0) is 23.4 Å². The molecular formula is C28H28ClF2N3O5. The summed E-state index contributed by atoms with van der Waals surface area (Å²) in [6.07, 6.45) is 2.21. The van der Waals surface area contributed by atoms with Gasteiger partial charge in [0, 0.05) is 37.5 Å². The summed E-state index contributed by atoms with van der Waals surface area (Å²) in [5, 5.41) is 13.2. The molecule has 0 radical (unpaired) electrons. The van der Waals surface area contributed by atoms with Crippen molar-refractivity contribution in [2.24, 2.45) is 0 Å². The molecule has 206 valence electrons. The summed E-state index contributed by atoms with van der Waals surface area (Å²) in [4.78, 5) is 40.6. The van der Waals surface area contributed by atoms with E-state index in [-0.39, 0.29) is 41.9 Å². The molecule has 3 aromatic rings. The van der Waals surface area contributed by atoms with Crippen molar-refractivity contribution in [2.45, 2.75) is 44.6 Å². The SMILES string of the molecule is CCN1C[C@]2(C[C@H](OCc3ccccc3)C2)n2cc(C(=O)NCc3ccc(F)cc3F)c(=O)c(O)c2C1=O.Cl. The van der Waals surface area contributed by atoms with Crippen molar-refractivity contribution in [3.63, 3.8) is 0 Å². The van der Waals surface area contributed by atoms with E-state index < -0.39 is 40.2 Å². The Hall–Kier alpha value is -3.76. The molecule has 2 aromatic carbocycles. The van der Waals surface area contributed by atoms with E-state index >= 15 is 0 Å². The summed E-state index contributed by atoms with van der Waals surface area (Å²) >= 11 is 0. The number of aromatic hydroxyl groups is 1. The third-order valence-electron chi connectivity index (χ3n) is 7.29. The molecule has 2 aliphatic rings. The molecule has 2 heterocycles. The van der Waals surface area contributed by atoms with Gasteiger partial charge in [0.05, 0.1) is 18.2 Å². The molecule has 11 heteroatoms. The van der Waals surface area contributed by atoms with Crippen molar-refractivity contribution >= 4 is 24.2 Å². The van der Waals surface area contributed by atoms with E-state index in [1.807, 2.05) is 37.3 Å². The number of halogens is 3. The lowest BCUT2D eigenvalue weighted by molar-refractivity contribution is -0.0944. The quantitative estimate of drug-likeness (QED) is 0.459. The number of likely N-dealkylation sites (N-methyl/N-ethyl adjacent to an activating group) is 1. The topological polar surface area (TPSA) is 101 Å². The van der Waals surface area contributed by atoms with Crippen LogP contribution < -0.4 is 10.7 Å². The van der Waals surface area contributed by atoms with E-state index in [2.05, 4.69) is 5.32 Å². The van der Waals surface area contributed by atoms with E-state index in [0.717, 1.165) is 11.6 Å². The Morgan fingerprint density at radius 1 is 1.15 bits per heavy atom. The molecule has 1 spiro atoms. The summed E-state index contributed by atoms with van der Waals surface area (Å²) in [6, 6.07) is 12.7. The number of aromatic nitrogens is 1. The average Bonchev–Trinajstić information content (AvgIpc) is 2.88.